The largest absolute Gasteiger partial charge is 0.462 e. The van der Waals surface area contributed by atoms with Crippen LogP contribution in [0.4, 0.5) is 0 Å². The molecule has 42 heavy (non-hydrogen) atoms. The minimum Gasteiger partial charge on any atom is -0.462 e. The summed E-state index contributed by atoms with van der Waals surface area (Å²) in [5.41, 5.74) is 1.40. The third-order valence-corrected chi connectivity index (χ3v) is 8.80. The highest BCUT2D eigenvalue weighted by Gasteiger charge is 2.27. The van der Waals surface area contributed by atoms with Crippen LogP contribution in [-0.2, 0) is 19.1 Å². The fourth-order valence-corrected chi connectivity index (χ4v) is 5.57. The first-order valence-corrected chi connectivity index (χ1v) is 17.5. The zero-order valence-electron chi connectivity index (χ0n) is 29.2. The number of carbonyl (C=O) groups excluding carboxylic acids is 2. The van der Waals surface area contributed by atoms with Gasteiger partial charge in [0.05, 0.1) is 6.10 Å². The summed E-state index contributed by atoms with van der Waals surface area (Å²) in [5.74, 6) is -0.284. The van der Waals surface area contributed by atoms with Crippen molar-refractivity contribution in [2.45, 2.75) is 202 Å². The van der Waals surface area contributed by atoms with Gasteiger partial charge in [0, 0.05) is 12.8 Å². The predicted molar refractivity (Wildman–Crippen MR) is 178 cm³/mol. The van der Waals surface area contributed by atoms with Gasteiger partial charge in [-0.05, 0) is 87.0 Å². The van der Waals surface area contributed by atoms with E-state index in [0.717, 1.165) is 121 Å². The predicted octanol–water partition coefficient (Wildman–Crippen LogP) is 10.7. The molecule has 248 valence electrons. The first kappa shape index (κ1) is 40.6. The molecule has 5 heteroatoms. The molecule has 0 rings (SSSR count). The first-order chi connectivity index (χ1) is 19.8. The van der Waals surface area contributed by atoms with Gasteiger partial charge < -0.3 is 14.6 Å². The molecule has 0 aliphatic carbocycles. The summed E-state index contributed by atoms with van der Waals surface area (Å²) in [7, 11) is 0. The highest BCUT2D eigenvalue weighted by atomic mass is 16.5. The molecule has 5 nitrogen and oxygen atoms in total. The van der Waals surface area contributed by atoms with Crippen molar-refractivity contribution in [2.24, 2.45) is 10.8 Å². The van der Waals surface area contributed by atoms with E-state index in [-0.39, 0.29) is 41.1 Å². The van der Waals surface area contributed by atoms with E-state index >= 15 is 0 Å². The molecule has 0 aromatic rings. The van der Waals surface area contributed by atoms with E-state index in [9.17, 15) is 14.7 Å². The van der Waals surface area contributed by atoms with Crippen molar-refractivity contribution in [1.29, 1.82) is 0 Å². The zero-order valence-corrected chi connectivity index (χ0v) is 29.2. The summed E-state index contributed by atoms with van der Waals surface area (Å²) in [6.45, 7) is 22.2. The molecule has 0 saturated heterocycles. The number of ether oxygens (including phenoxy) is 2. The quantitative estimate of drug-likeness (QED) is 0.0582. The molecule has 0 radical (unpaired) electrons. The fourth-order valence-electron chi connectivity index (χ4n) is 5.57. The normalized spacial score (nSPS) is 14.3. The molecule has 0 spiro atoms. The van der Waals surface area contributed by atoms with E-state index in [1.54, 1.807) is 0 Å². The Morgan fingerprint density at radius 1 is 0.667 bits per heavy atom. The van der Waals surface area contributed by atoms with Crippen molar-refractivity contribution in [3.63, 3.8) is 0 Å². The van der Waals surface area contributed by atoms with Crippen LogP contribution in [0.1, 0.15) is 184 Å². The summed E-state index contributed by atoms with van der Waals surface area (Å²) in [5, 5.41) is 10.0. The van der Waals surface area contributed by atoms with Crippen molar-refractivity contribution in [1.82, 2.24) is 0 Å². The molecule has 3 unspecified atom stereocenters. The summed E-state index contributed by atoms with van der Waals surface area (Å²) < 4.78 is 11.9. The zero-order chi connectivity index (χ0) is 32.0. The second-order valence-corrected chi connectivity index (χ2v) is 14.3. The smallest absolute Gasteiger partial charge is 0.306 e. The average molecular weight is 595 g/mol. The molecular formula is C37H70O5. The van der Waals surface area contributed by atoms with Crippen molar-refractivity contribution in [3.05, 3.63) is 12.2 Å². The average Bonchev–Trinajstić information content (AvgIpc) is 2.92. The highest BCUT2D eigenvalue weighted by Crippen LogP contribution is 2.35. The number of hydrogen-bond donors (Lipinski definition) is 1. The van der Waals surface area contributed by atoms with Crippen LogP contribution in [0.5, 0.6) is 0 Å². The molecular weight excluding hydrogens is 524 g/mol. The van der Waals surface area contributed by atoms with Gasteiger partial charge in [0.25, 0.3) is 0 Å². The molecule has 0 aliphatic heterocycles. The van der Waals surface area contributed by atoms with E-state index in [2.05, 4.69) is 62.0 Å². The second-order valence-electron chi connectivity index (χ2n) is 14.3. The topological polar surface area (TPSA) is 72.8 Å². The maximum Gasteiger partial charge on any atom is 0.306 e. The van der Waals surface area contributed by atoms with Gasteiger partial charge in [0.2, 0.25) is 0 Å². The van der Waals surface area contributed by atoms with Crippen LogP contribution in [0.25, 0.3) is 0 Å². The molecule has 0 fully saturated rings. The highest BCUT2D eigenvalue weighted by molar-refractivity contribution is 5.70. The number of rotatable bonds is 27. The lowest BCUT2D eigenvalue weighted by Gasteiger charge is -2.31. The van der Waals surface area contributed by atoms with Crippen molar-refractivity contribution in [3.8, 4) is 0 Å². The molecule has 0 heterocycles. The summed E-state index contributed by atoms with van der Waals surface area (Å²) in [6, 6.07) is 0. The van der Waals surface area contributed by atoms with Gasteiger partial charge >= 0.3 is 11.9 Å². The Morgan fingerprint density at radius 3 is 1.76 bits per heavy atom. The number of aliphatic hydroxyl groups is 1. The van der Waals surface area contributed by atoms with Gasteiger partial charge in [-0.2, -0.15) is 0 Å². The molecule has 0 aromatic heterocycles. The standard InChI is InChI=1S/C37H70O5/c1-10-14-20-31(38)21-16-18-24-34(39)41-32(22-15-11-2)23-17-19-25-35(40)42-33(26-28-36(6,7)13-4)30(5)29-37(8,9)27-12-3/h31-33,38H,5,10-29H2,1-4,6-9H3. The lowest BCUT2D eigenvalue weighted by Crippen LogP contribution is -2.26. The van der Waals surface area contributed by atoms with Crippen LogP contribution >= 0.6 is 0 Å². The van der Waals surface area contributed by atoms with Crippen LogP contribution in [0.15, 0.2) is 12.2 Å². The Morgan fingerprint density at radius 2 is 1.19 bits per heavy atom. The van der Waals surface area contributed by atoms with Crippen LogP contribution < -0.4 is 0 Å². The lowest BCUT2D eigenvalue weighted by atomic mass is 9.78. The Kier molecular flexibility index (Phi) is 22.3. The Bertz CT molecular complexity index is 726. The minimum absolute atomic E-state index is 0.0896. The van der Waals surface area contributed by atoms with Crippen molar-refractivity contribution in [2.75, 3.05) is 0 Å². The van der Waals surface area contributed by atoms with Gasteiger partial charge in [-0.1, -0.05) is 107 Å². The molecule has 0 amide bonds. The van der Waals surface area contributed by atoms with Crippen LogP contribution in [0.2, 0.25) is 0 Å². The molecule has 0 aromatic carbocycles. The number of aliphatic hydroxyl groups excluding tert-OH is 1. The third kappa shape index (κ3) is 21.3. The summed E-state index contributed by atoms with van der Waals surface area (Å²) in [4.78, 5) is 25.4. The van der Waals surface area contributed by atoms with Gasteiger partial charge in [-0.15, -0.1) is 0 Å². The Balaban J connectivity index is 4.76. The summed E-state index contributed by atoms with van der Waals surface area (Å²) in [6.07, 6.45) is 16.9. The number of carbonyl (C=O) groups is 2. The van der Waals surface area contributed by atoms with Crippen molar-refractivity contribution >= 4 is 11.9 Å². The van der Waals surface area contributed by atoms with Gasteiger partial charge in [0.15, 0.2) is 0 Å². The molecule has 1 N–H and O–H groups in total. The molecule has 3 atom stereocenters. The maximum absolute atomic E-state index is 12.9. The summed E-state index contributed by atoms with van der Waals surface area (Å²) >= 11 is 0. The van der Waals surface area contributed by atoms with Crippen LogP contribution in [0, 0.1) is 10.8 Å². The second kappa shape index (κ2) is 23.1. The molecule has 0 saturated carbocycles. The van der Waals surface area contributed by atoms with Crippen LogP contribution in [0.3, 0.4) is 0 Å². The lowest BCUT2D eigenvalue weighted by molar-refractivity contribution is -0.151. The minimum atomic E-state index is -0.255. The Hall–Kier alpha value is -1.36. The first-order valence-electron chi connectivity index (χ1n) is 17.5. The monoisotopic (exact) mass is 595 g/mol. The number of esters is 2. The Labute approximate surface area is 261 Å². The SMILES string of the molecule is C=C(CC(C)(C)CCC)C(CCC(C)(C)CC)OC(=O)CCCCC(CCCC)OC(=O)CCCCC(O)CCCC. The van der Waals surface area contributed by atoms with E-state index < -0.39 is 0 Å². The fraction of sp³-hybridized carbons (Fsp3) is 0.892. The van der Waals surface area contributed by atoms with E-state index in [4.69, 9.17) is 9.47 Å². The van der Waals surface area contributed by atoms with Gasteiger partial charge in [0.1, 0.15) is 12.2 Å². The van der Waals surface area contributed by atoms with Crippen LogP contribution in [-0.4, -0.2) is 35.4 Å². The molecule has 0 aliphatic rings. The van der Waals surface area contributed by atoms with E-state index in [1.165, 1.54) is 0 Å². The van der Waals surface area contributed by atoms with Gasteiger partial charge in [-0.3, -0.25) is 9.59 Å². The van der Waals surface area contributed by atoms with Gasteiger partial charge in [-0.25, -0.2) is 0 Å². The van der Waals surface area contributed by atoms with E-state index in [1.807, 2.05) is 0 Å². The number of hydrogen-bond acceptors (Lipinski definition) is 5. The van der Waals surface area contributed by atoms with Crippen molar-refractivity contribution < 1.29 is 24.2 Å². The number of unbranched alkanes of at least 4 members (excludes halogenated alkanes) is 4. The maximum atomic E-state index is 12.9. The van der Waals surface area contributed by atoms with E-state index in [0.29, 0.717) is 12.8 Å². The third-order valence-electron chi connectivity index (χ3n) is 8.80. The molecule has 0 bridgehead atoms.